The van der Waals surface area contributed by atoms with Crippen molar-refractivity contribution in [3.05, 3.63) is 54.1 Å². The van der Waals surface area contributed by atoms with Crippen LogP contribution in [0.3, 0.4) is 0 Å². The highest BCUT2D eigenvalue weighted by atomic mass is 32.2. The zero-order valence-electron chi connectivity index (χ0n) is 15.1. The SMILES string of the molecule is COc1cccc(NCC(=O)c2ccc(S(=O)(=O)N3CCOCC3)cc2)c1. The van der Waals surface area contributed by atoms with Gasteiger partial charge in [-0.25, -0.2) is 8.42 Å². The lowest BCUT2D eigenvalue weighted by molar-refractivity contribution is 0.0730. The second-order valence-corrected chi connectivity index (χ2v) is 7.99. The van der Waals surface area contributed by atoms with Crippen LogP contribution in [0.1, 0.15) is 10.4 Å². The topological polar surface area (TPSA) is 84.9 Å². The van der Waals surface area contributed by atoms with Gasteiger partial charge in [0, 0.05) is 30.4 Å². The predicted octanol–water partition coefficient (Wildman–Crippen LogP) is 2.01. The molecular formula is C19H22N2O5S. The number of hydrogen-bond acceptors (Lipinski definition) is 6. The molecule has 0 unspecified atom stereocenters. The van der Waals surface area contributed by atoms with Crippen LogP contribution in [-0.4, -0.2) is 58.5 Å². The molecule has 1 aliphatic rings. The molecule has 0 saturated carbocycles. The Balaban J connectivity index is 1.64. The number of Topliss-reactive ketones (excluding diaryl/α,β-unsaturated/α-hetero) is 1. The summed E-state index contributed by atoms with van der Waals surface area (Å²) in [4.78, 5) is 12.5. The standard InChI is InChI=1S/C19H22N2O5S/c1-25-17-4-2-3-16(13-17)20-14-19(22)15-5-7-18(8-6-15)27(23,24)21-9-11-26-12-10-21/h2-8,13,20H,9-12,14H2,1H3. The normalized spacial score (nSPS) is 15.3. The van der Waals surface area contributed by atoms with Crippen molar-refractivity contribution in [1.82, 2.24) is 4.31 Å². The highest BCUT2D eigenvalue weighted by Gasteiger charge is 2.26. The van der Waals surface area contributed by atoms with Crippen LogP contribution in [0, 0.1) is 0 Å². The first kappa shape index (κ1) is 19.3. The monoisotopic (exact) mass is 390 g/mol. The molecule has 1 fully saturated rings. The molecule has 1 aliphatic heterocycles. The Morgan fingerprint density at radius 1 is 1.15 bits per heavy atom. The maximum absolute atomic E-state index is 12.6. The van der Waals surface area contributed by atoms with Gasteiger partial charge < -0.3 is 14.8 Å². The summed E-state index contributed by atoms with van der Waals surface area (Å²) in [6, 6.07) is 13.3. The summed E-state index contributed by atoms with van der Waals surface area (Å²) in [6.07, 6.45) is 0. The molecule has 3 rings (SSSR count). The zero-order chi connectivity index (χ0) is 19.3. The Hall–Kier alpha value is -2.42. The maximum atomic E-state index is 12.6. The highest BCUT2D eigenvalue weighted by Crippen LogP contribution is 2.19. The first-order valence-corrected chi connectivity index (χ1v) is 10.0. The number of sulfonamides is 1. The Labute approximate surface area is 158 Å². The zero-order valence-corrected chi connectivity index (χ0v) is 15.9. The van der Waals surface area contributed by atoms with Crippen molar-refractivity contribution in [2.75, 3.05) is 45.3 Å². The van der Waals surface area contributed by atoms with Crippen LogP contribution in [0.25, 0.3) is 0 Å². The third-order valence-electron chi connectivity index (χ3n) is 4.31. The summed E-state index contributed by atoms with van der Waals surface area (Å²) in [5.41, 5.74) is 1.22. The molecule has 7 nitrogen and oxygen atoms in total. The van der Waals surface area contributed by atoms with Crippen LogP contribution in [0.2, 0.25) is 0 Å². The van der Waals surface area contributed by atoms with Crippen molar-refractivity contribution in [1.29, 1.82) is 0 Å². The smallest absolute Gasteiger partial charge is 0.243 e. The van der Waals surface area contributed by atoms with Crippen LogP contribution >= 0.6 is 0 Å². The summed E-state index contributed by atoms with van der Waals surface area (Å²) in [7, 11) is -1.97. The quantitative estimate of drug-likeness (QED) is 0.728. The molecular weight excluding hydrogens is 368 g/mol. The first-order chi connectivity index (χ1) is 13.0. The van der Waals surface area contributed by atoms with E-state index in [1.54, 1.807) is 25.3 Å². The average molecular weight is 390 g/mol. The number of carbonyl (C=O) groups is 1. The first-order valence-electron chi connectivity index (χ1n) is 8.60. The number of ether oxygens (including phenoxy) is 2. The van der Waals surface area contributed by atoms with E-state index in [4.69, 9.17) is 9.47 Å². The largest absolute Gasteiger partial charge is 0.497 e. The average Bonchev–Trinajstić information content (AvgIpc) is 2.73. The fraction of sp³-hybridized carbons (Fsp3) is 0.316. The minimum absolute atomic E-state index is 0.0999. The van der Waals surface area contributed by atoms with Gasteiger partial charge in [0.15, 0.2) is 5.78 Å². The van der Waals surface area contributed by atoms with E-state index in [0.717, 1.165) is 5.69 Å². The molecule has 0 amide bonds. The van der Waals surface area contributed by atoms with E-state index in [9.17, 15) is 13.2 Å². The van der Waals surface area contributed by atoms with Crippen LogP contribution in [0.15, 0.2) is 53.4 Å². The number of benzene rings is 2. The maximum Gasteiger partial charge on any atom is 0.243 e. The van der Waals surface area contributed by atoms with Crippen molar-refractivity contribution >= 4 is 21.5 Å². The van der Waals surface area contributed by atoms with E-state index in [2.05, 4.69) is 5.32 Å². The van der Waals surface area contributed by atoms with Crippen LogP contribution < -0.4 is 10.1 Å². The van der Waals surface area contributed by atoms with Crippen molar-refractivity contribution in [3.8, 4) is 5.75 Å². The summed E-state index contributed by atoms with van der Waals surface area (Å²) in [6.45, 7) is 1.57. The molecule has 0 bridgehead atoms. The van der Waals surface area contributed by atoms with Crippen LogP contribution in [0.4, 0.5) is 5.69 Å². The Morgan fingerprint density at radius 3 is 2.52 bits per heavy atom. The number of carbonyl (C=O) groups excluding carboxylic acids is 1. The summed E-state index contributed by atoms with van der Waals surface area (Å²) in [5, 5.41) is 3.04. The molecule has 2 aromatic rings. The number of anilines is 1. The van der Waals surface area contributed by atoms with Gasteiger partial charge in [-0.1, -0.05) is 6.07 Å². The third kappa shape index (κ3) is 4.65. The molecule has 0 spiro atoms. The molecule has 144 valence electrons. The van der Waals surface area contributed by atoms with Gasteiger partial charge in [0.05, 0.1) is 31.8 Å². The molecule has 8 heteroatoms. The van der Waals surface area contributed by atoms with E-state index in [-0.39, 0.29) is 17.2 Å². The van der Waals surface area contributed by atoms with E-state index >= 15 is 0 Å². The Kier molecular flexibility index (Phi) is 6.10. The fourth-order valence-corrected chi connectivity index (χ4v) is 4.17. The number of methoxy groups -OCH3 is 1. The van der Waals surface area contributed by atoms with Gasteiger partial charge in [0.2, 0.25) is 10.0 Å². The van der Waals surface area contributed by atoms with Crippen molar-refractivity contribution in [2.24, 2.45) is 0 Å². The molecule has 0 atom stereocenters. The Bertz CT molecular complexity index is 891. The van der Waals surface area contributed by atoms with E-state index in [1.165, 1.54) is 16.4 Å². The van der Waals surface area contributed by atoms with Crippen molar-refractivity contribution in [2.45, 2.75) is 4.90 Å². The summed E-state index contributed by atoms with van der Waals surface area (Å²) in [5.74, 6) is 0.568. The third-order valence-corrected chi connectivity index (χ3v) is 6.22. The lowest BCUT2D eigenvalue weighted by atomic mass is 10.1. The lowest BCUT2D eigenvalue weighted by Crippen LogP contribution is -2.40. The predicted molar refractivity (Wildman–Crippen MR) is 102 cm³/mol. The molecule has 1 N–H and O–H groups in total. The van der Waals surface area contributed by atoms with Gasteiger partial charge in [-0.05, 0) is 36.4 Å². The molecule has 0 aromatic heterocycles. The molecule has 0 radical (unpaired) electrons. The van der Waals surface area contributed by atoms with Gasteiger partial charge in [-0.3, -0.25) is 4.79 Å². The highest BCUT2D eigenvalue weighted by molar-refractivity contribution is 7.89. The number of morpholine rings is 1. The van der Waals surface area contributed by atoms with E-state index in [1.807, 2.05) is 18.2 Å². The second-order valence-electron chi connectivity index (χ2n) is 6.05. The minimum Gasteiger partial charge on any atom is -0.497 e. The second kappa shape index (κ2) is 8.51. The summed E-state index contributed by atoms with van der Waals surface area (Å²) >= 11 is 0. The number of nitrogens with zero attached hydrogens (tertiary/aromatic N) is 1. The lowest BCUT2D eigenvalue weighted by Gasteiger charge is -2.26. The van der Waals surface area contributed by atoms with Crippen LogP contribution in [-0.2, 0) is 14.8 Å². The van der Waals surface area contributed by atoms with Crippen LogP contribution in [0.5, 0.6) is 5.75 Å². The number of hydrogen-bond donors (Lipinski definition) is 1. The van der Waals surface area contributed by atoms with Gasteiger partial charge >= 0.3 is 0 Å². The van der Waals surface area contributed by atoms with Gasteiger partial charge in [0.1, 0.15) is 5.75 Å². The molecule has 0 aliphatic carbocycles. The van der Waals surface area contributed by atoms with E-state index in [0.29, 0.717) is 37.6 Å². The van der Waals surface area contributed by atoms with E-state index < -0.39 is 10.0 Å². The fourth-order valence-electron chi connectivity index (χ4n) is 2.77. The number of ketones is 1. The van der Waals surface area contributed by atoms with Gasteiger partial charge in [-0.15, -0.1) is 0 Å². The van der Waals surface area contributed by atoms with Gasteiger partial charge in [-0.2, -0.15) is 4.31 Å². The van der Waals surface area contributed by atoms with Crippen molar-refractivity contribution < 1.29 is 22.7 Å². The minimum atomic E-state index is -3.55. The molecule has 1 heterocycles. The number of nitrogens with one attached hydrogen (secondary N) is 1. The molecule has 2 aromatic carbocycles. The number of rotatable bonds is 7. The summed E-state index contributed by atoms with van der Waals surface area (Å²) < 4.78 is 36.9. The van der Waals surface area contributed by atoms with Crippen molar-refractivity contribution in [3.63, 3.8) is 0 Å². The molecule has 1 saturated heterocycles. The molecule has 27 heavy (non-hydrogen) atoms. The Morgan fingerprint density at radius 2 is 1.85 bits per heavy atom. The van der Waals surface area contributed by atoms with Gasteiger partial charge in [0.25, 0.3) is 0 Å².